The van der Waals surface area contributed by atoms with Gasteiger partial charge in [-0.3, -0.25) is 0 Å². The Morgan fingerprint density at radius 3 is 2.27 bits per heavy atom. The Morgan fingerprint density at radius 2 is 1.77 bits per heavy atom. The van der Waals surface area contributed by atoms with Gasteiger partial charge >= 0.3 is 12.1 Å². The minimum Gasteiger partial charge on any atom is -0.340 e. The van der Waals surface area contributed by atoms with E-state index in [1.54, 1.807) is 30.3 Å². The number of urea groups is 2. The summed E-state index contributed by atoms with van der Waals surface area (Å²) in [6.45, 7) is 0.883. The summed E-state index contributed by atoms with van der Waals surface area (Å²) in [5, 5.41) is 2.45. The largest absolute Gasteiger partial charge is 0.340 e. The lowest BCUT2D eigenvalue weighted by atomic mass is 10.3. The van der Waals surface area contributed by atoms with Gasteiger partial charge in [0, 0.05) is 20.1 Å². The molecule has 1 aromatic rings. The van der Waals surface area contributed by atoms with Gasteiger partial charge in [0.1, 0.15) is 6.29 Å². The zero-order chi connectivity index (χ0) is 16.5. The van der Waals surface area contributed by atoms with E-state index in [-0.39, 0.29) is 6.54 Å². The van der Waals surface area contributed by atoms with Gasteiger partial charge in [-0.1, -0.05) is 18.2 Å². The van der Waals surface area contributed by atoms with E-state index in [4.69, 9.17) is 0 Å². The molecule has 0 aliphatic rings. The third-order valence-corrected chi connectivity index (χ3v) is 3.01. The third kappa shape index (κ3) is 4.85. The Balaban J connectivity index is 3.02. The zero-order valence-corrected chi connectivity index (χ0v) is 13.2. The van der Waals surface area contributed by atoms with Crippen molar-refractivity contribution < 1.29 is 14.4 Å². The van der Waals surface area contributed by atoms with Gasteiger partial charge in [-0.25, -0.2) is 14.5 Å². The third-order valence-electron chi connectivity index (χ3n) is 3.01. The number of benzene rings is 1. The average Bonchev–Trinajstić information content (AvgIpc) is 2.52. The Kier molecular flexibility index (Phi) is 7.04. The molecule has 4 amide bonds. The number of aldehydes is 1. The molecule has 0 fully saturated rings. The number of nitrogens with zero attached hydrogens (tertiary/aromatic N) is 3. The van der Waals surface area contributed by atoms with E-state index < -0.39 is 12.1 Å². The fourth-order valence-corrected chi connectivity index (χ4v) is 1.82. The van der Waals surface area contributed by atoms with E-state index in [9.17, 15) is 14.4 Å². The molecule has 0 aliphatic carbocycles. The quantitative estimate of drug-likeness (QED) is 0.796. The summed E-state index contributed by atoms with van der Waals surface area (Å²) >= 11 is 0. The zero-order valence-electron chi connectivity index (χ0n) is 13.2. The smallest absolute Gasteiger partial charge is 0.333 e. The molecular formula is C15H22N4O3. The molecule has 1 aromatic carbocycles. The summed E-state index contributed by atoms with van der Waals surface area (Å²) in [5.41, 5.74) is 0.451. The van der Waals surface area contributed by atoms with Crippen LogP contribution in [0.15, 0.2) is 30.3 Å². The Bertz CT molecular complexity index is 505. The van der Waals surface area contributed by atoms with Crippen LogP contribution >= 0.6 is 0 Å². The van der Waals surface area contributed by atoms with Gasteiger partial charge in [-0.2, -0.15) is 0 Å². The lowest BCUT2D eigenvalue weighted by Crippen LogP contribution is -2.51. The fourth-order valence-electron chi connectivity index (χ4n) is 1.82. The van der Waals surface area contributed by atoms with Crippen molar-refractivity contribution in [3.63, 3.8) is 0 Å². The first-order valence-electron chi connectivity index (χ1n) is 6.95. The molecule has 0 atom stereocenters. The van der Waals surface area contributed by atoms with Crippen LogP contribution in [0.1, 0.15) is 0 Å². The van der Waals surface area contributed by atoms with Crippen LogP contribution in [0.4, 0.5) is 15.3 Å². The number of anilines is 1. The van der Waals surface area contributed by atoms with Gasteiger partial charge in [0.15, 0.2) is 0 Å². The summed E-state index contributed by atoms with van der Waals surface area (Å²) in [5.74, 6) is 0. The molecule has 0 aliphatic heterocycles. The number of likely N-dealkylation sites (N-methyl/N-ethyl adjacent to an activating group) is 1. The van der Waals surface area contributed by atoms with Crippen molar-refractivity contribution in [2.75, 3.05) is 45.7 Å². The Morgan fingerprint density at radius 1 is 1.14 bits per heavy atom. The van der Waals surface area contributed by atoms with E-state index in [0.717, 1.165) is 4.90 Å². The number of rotatable bonds is 6. The van der Waals surface area contributed by atoms with Crippen molar-refractivity contribution in [3.05, 3.63) is 30.3 Å². The number of carbonyl (C=O) groups excluding carboxylic acids is 3. The van der Waals surface area contributed by atoms with Crippen molar-refractivity contribution in [1.29, 1.82) is 0 Å². The maximum Gasteiger partial charge on any atom is 0.333 e. The van der Waals surface area contributed by atoms with Crippen LogP contribution in [-0.4, -0.2) is 68.9 Å². The molecule has 7 heteroatoms. The normalized spacial score (nSPS) is 10.2. The topological polar surface area (TPSA) is 73.0 Å². The number of hydrogen-bond acceptors (Lipinski definition) is 4. The highest BCUT2D eigenvalue weighted by molar-refractivity contribution is 6.13. The molecule has 0 spiro atoms. The standard InChI is InChI=1S/C15H22N4O3/c1-16-14(21)19(13-7-5-4-6-8-13)15(22)18(11-12-20)10-9-17(2)3/h4-8,12H,9-11H2,1-3H3,(H,16,21). The second-order valence-corrected chi connectivity index (χ2v) is 4.92. The maximum absolute atomic E-state index is 12.7. The van der Waals surface area contributed by atoms with E-state index in [0.29, 0.717) is 25.1 Å². The average molecular weight is 306 g/mol. The van der Waals surface area contributed by atoms with Gasteiger partial charge in [0.05, 0.1) is 12.2 Å². The van der Waals surface area contributed by atoms with Gasteiger partial charge in [0.25, 0.3) is 0 Å². The Labute approximate surface area is 130 Å². The summed E-state index contributed by atoms with van der Waals surface area (Å²) in [6, 6.07) is 7.53. The van der Waals surface area contributed by atoms with Gasteiger partial charge in [0.2, 0.25) is 0 Å². The molecule has 0 unspecified atom stereocenters. The first-order chi connectivity index (χ1) is 10.5. The molecule has 0 bridgehead atoms. The number of nitrogens with one attached hydrogen (secondary N) is 1. The molecule has 1 N–H and O–H groups in total. The summed E-state index contributed by atoms with van der Waals surface area (Å²) in [4.78, 5) is 39.8. The van der Waals surface area contributed by atoms with Crippen LogP contribution in [0.5, 0.6) is 0 Å². The summed E-state index contributed by atoms with van der Waals surface area (Å²) in [7, 11) is 5.20. The number of carbonyl (C=O) groups is 3. The van der Waals surface area contributed by atoms with Crippen LogP contribution in [-0.2, 0) is 4.79 Å². The molecule has 0 radical (unpaired) electrons. The van der Waals surface area contributed by atoms with E-state index in [2.05, 4.69) is 5.32 Å². The monoisotopic (exact) mass is 306 g/mol. The molecule has 1 rings (SSSR count). The van der Waals surface area contributed by atoms with Crippen LogP contribution in [0.2, 0.25) is 0 Å². The highest BCUT2D eigenvalue weighted by Gasteiger charge is 2.27. The summed E-state index contributed by atoms with van der Waals surface area (Å²) in [6.07, 6.45) is 0.653. The molecular weight excluding hydrogens is 284 g/mol. The maximum atomic E-state index is 12.7. The minimum absolute atomic E-state index is 0.0625. The fraction of sp³-hybridized carbons (Fsp3) is 0.400. The van der Waals surface area contributed by atoms with Crippen molar-refractivity contribution >= 4 is 24.0 Å². The first kappa shape index (κ1) is 17.6. The number of para-hydroxylation sites is 1. The number of imide groups is 1. The van der Waals surface area contributed by atoms with Crippen LogP contribution in [0.25, 0.3) is 0 Å². The second kappa shape index (κ2) is 8.78. The highest BCUT2D eigenvalue weighted by Crippen LogP contribution is 2.15. The SMILES string of the molecule is CNC(=O)N(C(=O)N(CC=O)CCN(C)C)c1ccccc1. The number of hydrogen-bond donors (Lipinski definition) is 1. The predicted octanol–water partition coefficient (Wildman–Crippen LogP) is 1.01. The minimum atomic E-state index is -0.544. The van der Waals surface area contributed by atoms with Gasteiger partial charge < -0.3 is 19.9 Å². The van der Waals surface area contributed by atoms with Crippen molar-refractivity contribution in [1.82, 2.24) is 15.1 Å². The molecule has 22 heavy (non-hydrogen) atoms. The molecule has 7 nitrogen and oxygen atoms in total. The highest BCUT2D eigenvalue weighted by atomic mass is 16.2. The van der Waals surface area contributed by atoms with Gasteiger partial charge in [-0.05, 0) is 26.2 Å². The molecule has 120 valence electrons. The number of amides is 4. The molecule has 0 aromatic heterocycles. The predicted molar refractivity (Wildman–Crippen MR) is 85.0 cm³/mol. The second-order valence-electron chi connectivity index (χ2n) is 4.92. The molecule has 0 heterocycles. The van der Waals surface area contributed by atoms with Crippen molar-refractivity contribution in [3.8, 4) is 0 Å². The van der Waals surface area contributed by atoms with Crippen LogP contribution in [0, 0.1) is 0 Å². The van der Waals surface area contributed by atoms with Crippen molar-refractivity contribution in [2.24, 2.45) is 0 Å². The lowest BCUT2D eigenvalue weighted by Gasteiger charge is -2.28. The lowest BCUT2D eigenvalue weighted by molar-refractivity contribution is -0.108. The van der Waals surface area contributed by atoms with Gasteiger partial charge in [-0.15, -0.1) is 0 Å². The van der Waals surface area contributed by atoms with E-state index in [1.807, 2.05) is 19.0 Å². The van der Waals surface area contributed by atoms with E-state index in [1.165, 1.54) is 11.9 Å². The first-order valence-corrected chi connectivity index (χ1v) is 6.95. The van der Waals surface area contributed by atoms with Crippen molar-refractivity contribution in [2.45, 2.75) is 0 Å². The molecule has 0 saturated carbocycles. The van der Waals surface area contributed by atoms with Crippen LogP contribution < -0.4 is 10.2 Å². The van der Waals surface area contributed by atoms with E-state index >= 15 is 0 Å². The molecule has 0 saturated heterocycles. The Hall–Kier alpha value is -2.41. The van der Waals surface area contributed by atoms with Crippen LogP contribution in [0.3, 0.4) is 0 Å². The summed E-state index contributed by atoms with van der Waals surface area (Å²) < 4.78 is 0.